The van der Waals surface area contributed by atoms with Crippen molar-refractivity contribution in [1.29, 1.82) is 0 Å². The summed E-state index contributed by atoms with van der Waals surface area (Å²) in [5.41, 5.74) is 3.76. The lowest BCUT2D eigenvalue weighted by Gasteiger charge is -2.32. The van der Waals surface area contributed by atoms with Gasteiger partial charge in [0.2, 0.25) is 0 Å². The number of benzene rings is 2. The largest absolute Gasteiger partial charge is 0.411 e. The molecule has 1 aliphatic rings. The molecule has 2 aromatic carbocycles. The Labute approximate surface area is 209 Å². The van der Waals surface area contributed by atoms with E-state index in [-0.39, 0.29) is 17.8 Å². The summed E-state index contributed by atoms with van der Waals surface area (Å²) in [5, 5.41) is 30.5. The van der Waals surface area contributed by atoms with Gasteiger partial charge in [-0.15, -0.1) is 5.10 Å². The third-order valence-corrected chi connectivity index (χ3v) is 6.36. The lowest BCUT2D eigenvalue weighted by atomic mass is 9.97. The molecule has 3 N–H and O–H groups in total. The number of amides is 2. The number of rotatable bonds is 8. The van der Waals surface area contributed by atoms with Crippen LogP contribution in [0.2, 0.25) is 0 Å². The number of likely N-dealkylation sites (tertiary alicyclic amines) is 1. The zero-order valence-electron chi connectivity index (χ0n) is 20.5. The number of aromatic nitrogens is 4. The Balaban J connectivity index is 1.32. The smallest absolute Gasteiger partial charge is 0.319 e. The fourth-order valence-electron chi connectivity index (χ4n) is 4.48. The van der Waals surface area contributed by atoms with Gasteiger partial charge in [0.1, 0.15) is 11.5 Å². The molecule has 3 aromatic rings. The van der Waals surface area contributed by atoms with Crippen LogP contribution >= 0.6 is 0 Å². The number of anilines is 1. The molecule has 0 bridgehead atoms. The van der Waals surface area contributed by atoms with E-state index in [1.807, 2.05) is 18.2 Å². The molecule has 0 radical (unpaired) electrons. The number of tetrazole rings is 1. The molecule has 10 nitrogen and oxygen atoms in total. The number of hydrogen-bond donors (Lipinski definition) is 3. The van der Waals surface area contributed by atoms with Crippen molar-refractivity contribution in [2.45, 2.75) is 26.2 Å². The molecule has 1 atom stereocenters. The topological polar surface area (TPSA) is 121 Å². The van der Waals surface area contributed by atoms with E-state index < -0.39 is 0 Å². The van der Waals surface area contributed by atoms with Crippen molar-refractivity contribution in [3.05, 3.63) is 59.4 Å². The first-order valence-corrected chi connectivity index (χ1v) is 12.1. The molecular weight excluding hydrogens is 463 g/mol. The van der Waals surface area contributed by atoms with Crippen LogP contribution in [0.1, 0.15) is 30.9 Å². The Morgan fingerprint density at radius 1 is 1.25 bits per heavy atom. The van der Waals surface area contributed by atoms with E-state index in [4.69, 9.17) is 0 Å². The quantitative estimate of drug-likeness (QED) is 0.251. The lowest BCUT2D eigenvalue weighted by Crippen LogP contribution is -2.43. The second kappa shape index (κ2) is 11.7. The van der Waals surface area contributed by atoms with Crippen LogP contribution in [0.3, 0.4) is 0 Å². The Morgan fingerprint density at radius 2 is 2.06 bits per heavy atom. The molecule has 2 amide bonds. The molecule has 11 heteroatoms. The fourth-order valence-corrected chi connectivity index (χ4v) is 4.48. The summed E-state index contributed by atoms with van der Waals surface area (Å²) in [6, 6.07) is 11.5. The molecular formula is C25H31FN8O2. The molecule has 36 heavy (non-hydrogen) atoms. The number of halogens is 1. The van der Waals surface area contributed by atoms with Crippen LogP contribution in [-0.2, 0) is 13.5 Å². The first-order chi connectivity index (χ1) is 17.4. The van der Waals surface area contributed by atoms with E-state index in [1.165, 1.54) is 12.1 Å². The number of nitrogens with one attached hydrogen (secondary N) is 2. The minimum Gasteiger partial charge on any atom is -0.411 e. The standard InChI is InChI=1S/C25H31FN8O2/c1-3-17-11-20(24-29-31-32-33(24)2)13-22(12-17)28-25(35)27-14-18-5-4-10-34(15-18)16-23(30-36)19-6-8-21(26)9-7-19/h6-9,11-13,18,36H,3-5,10,14-16H2,1-2H3,(H2,27,28,35)/b30-23-/t18-/m1/s1. The number of piperidine rings is 1. The van der Waals surface area contributed by atoms with Gasteiger partial charge in [0.15, 0.2) is 5.82 Å². The van der Waals surface area contributed by atoms with Crippen molar-refractivity contribution >= 4 is 17.4 Å². The third kappa shape index (κ3) is 6.42. The summed E-state index contributed by atoms with van der Waals surface area (Å²) in [6.45, 7) is 4.66. The normalized spacial score (nSPS) is 16.6. The maximum Gasteiger partial charge on any atom is 0.319 e. The molecule has 0 aliphatic carbocycles. The van der Waals surface area contributed by atoms with Gasteiger partial charge in [-0.05, 0) is 78.0 Å². The predicted octanol–water partition coefficient (Wildman–Crippen LogP) is 3.29. The Morgan fingerprint density at radius 3 is 2.75 bits per heavy atom. The van der Waals surface area contributed by atoms with Crippen LogP contribution in [0, 0.1) is 11.7 Å². The van der Waals surface area contributed by atoms with Crippen molar-refractivity contribution in [1.82, 2.24) is 30.4 Å². The zero-order chi connectivity index (χ0) is 25.5. The van der Waals surface area contributed by atoms with Crippen molar-refractivity contribution in [2.24, 2.45) is 18.1 Å². The Hall–Kier alpha value is -3.86. The summed E-state index contributed by atoms with van der Waals surface area (Å²) in [5.74, 6) is 0.559. The summed E-state index contributed by atoms with van der Waals surface area (Å²) >= 11 is 0. The minimum atomic E-state index is -0.332. The van der Waals surface area contributed by atoms with Crippen LogP contribution in [-0.4, -0.2) is 68.2 Å². The van der Waals surface area contributed by atoms with Gasteiger partial charge in [0.05, 0.1) is 0 Å². The number of hydrogen-bond acceptors (Lipinski definition) is 7. The van der Waals surface area contributed by atoms with Crippen molar-refractivity contribution in [2.75, 3.05) is 31.5 Å². The van der Waals surface area contributed by atoms with Crippen molar-refractivity contribution in [3.8, 4) is 11.4 Å². The van der Waals surface area contributed by atoms with E-state index in [0.29, 0.717) is 35.9 Å². The maximum atomic E-state index is 13.2. The number of carbonyl (C=O) groups is 1. The second-order valence-corrected chi connectivity index (χ2v) is 9.03. The predicted molar refractivity (Wildman–Crippen MR) is 135 cm³/mol. The molecule has 0 spiro atoms. The van der Waals surface area contributed by atoms with Gasteiger partial charge in [0, 0.05) is 43.5 Å². The van der Waals surface area contributed by atoms with E-state index in [1.54, 1.807) is 23.9 Å². The van der Waals surface area contributed by atoms with E-state index in [2.05, 4.69) is 43.1 Å². The van der Waals surface area contributed by atoms with Crippen LogP contribution in [0.15, 0.2) is 47.6 Å². The van der Waals surface area contributed by atoms with Gasteiger partial charge in [-0.25, -0.2) is 13.9 Å². The summed E-state index contributed by atoms with van der Waals surface area (Å²) < 4.78 is 14.8. The molecule has 1 fully saturated rings. The highest BCUT2D eigenvalue weighted by atomic mass is 19.1. The first-order valence-electron chi connectivity index (χ1n) is 12.1. The maximum absolute atomic E-state index is 13.2. The SMILES string of the molecule is CCc1cc(NC(=O)NC[C@H]2CCCN(C/C(=N/O)c3ccc(F)cc3)C2)cc(-c2nnnn2C)c1. The van der Waals surface area contributed by atoms with E-state index >= 15 is 0 Å². The van der Waals surface area contributed by atoms with Crippen LogP contribution < -0.4 is 10.6 Å². The van der Waals surface area contributed by atoms with Gasteiger partial charge >= 0.3 is 6.03 Å². The summed E-state index contributed by atoms with van der Waals surface area (Å²) in [4.78, 5) is 14.9. The van der Waals surface area contributed by atoms with Crippen molar-refractivity contribution < 1.29 is 14.4 Å². The highest BCUT2D eigenvalue weighted by molar-refractivity contribution is 6.01. The van der Waals surface area contributed by atoms with Gasteiger partial charge in [-0.1, -0.05) is 24.2 Å². The molecule has 1 aliphatic heterocycles. The van der Waals surface area contributed by atoms with Gasteiger partial charge in [0.25, 0.3) is 0 Å². The lowest BCUT2D eigenvalue weighted by molar-refractivity contribution is 0.191. The van der Waals surface area contributed by atoms with Crippen LogP contribution in [0.5, 0.6) is 0 Å². The van der Waals surface area contributed by atoms with Crippen LogP contribution in [0.25, 0.3) is 11.4 Å². The molecule has 4 rings (SSSR count). The second-order valence-electron chi connectivity index (χ2n) is 9.03. The summed E-state index contributed by atoms with van der Waals surface area (Å²) in [7, 11) is 1.77. The van der Waals surface area contributed by atoms with Crippen LogP contribution in [0.4, 0.5) is 14.9 Å². The molecule has 1 aromatic heterocycles. The van der Waals surface area contributed by atoms with Gasteiger partial charge in [-0.3, -0.25) is 4.90 Å². The number of oxime groups is 1. The van der Waals surface area contributed by atoms with E-state index in [9.17, 15) is 14.4 Å². The average molecular weight is 495 g/mol. The molecule has 190 valence electrons. The molecule has 0 unspecified atom stereocenters. The highest BCUT2D eigenvalue weighted by Crippen LogP contribution is 2.23. The first kappa shape index (κ1) is 25.2. The fraction of sp³-hybridized carbons (Fsp3) is 0.400. The number of urea groups is 1. The van der Waals surface area contributed by atoms with Gasteiger partial charge < -0.3 is 15.8 Å². The monoisotopic (exact) mass is 494 g/mol. The Bertz CT molecular complexity index is 1210. The van der Waals surface area contributed by atoms with Gasteiger partial charge in [-0.2, -0.15) is 0 Å². The van der Waals surface area contributed by atoms with E-state index in [0.717, 1.165) is 43.5 Å². The van der Waals surface area contributed by atoms with Crippen molar-refractivity contribution in [3.63, 3.8) is 0 Å². The molecule has 0 saturated carbocycles. The number of nitrogens with zero attached hydrogens (tertiary/aromatic N) is 6. The average Bonchev–Trinajstić information content (AvgIpc) is 3.32. The number of aryl methyl sites for hydroxylation is 2. The number of carbonyl (C=O) groups excluding carboxylic acids is 1. The minimum absolute atomic E-state index is 0.264. The molecule has 1 saturated heterocycles. The molecule has 2 heterocycles. The highest BCUT2D eigenvalue weighted by Gasteiger charge is 2.22. The summed E-state index contributed by atoms with van der Waals surface area (Å²) in [6.07, 6.45) is 2.78. The Kier molecular flexibility index (Phi) is 8.21. The zero-order valence-corrected chi connectivity index (χ0v) is 20.5. The third-order valence-electron chi connectivity index (χ3n) is 6.36.